The maximum absolute atomic E-state index is 11.9. The number of benzene rings is 1. The van der Waals surface area contributed by atoms with E-state index in [1.165, 1.54) is 0 Å². The van der Waals surface area contributed by atoms with E-state index in [0.29, 0.717) is 26.0 Å². The van der Waals surface area contributed by atoms with Crippen molar-refractivity contribution in [1.82, 2.24) is 14.7 Å². The Balaban J connectivity index is 1.40. The zero-order chi connectivity index (χ0) is 16.8. The van der Waals surface area contributed by atoms with E-state index in [9.17, 15) is 4.79 Å². The molecule has 0 bridgehead atoms. The molecule has 124 valence electrons. The second-order valence-electron chi connectivity index (χ2n) is 5.39. The second-order valence-corrected chi connectivity index (χ2v) is 6.30. The van der Waals surface area contributed by atoms with Gasteiger partial charge < -0.3 is 14.5 Å². The predicted octanol–water partition coefficient (Wildman–Crippen LogP) is 3.57. The van der Waals surface area contributed by atoms with Crippen LogP contribution in [-0.4, -0.2) is 21.9 Å². The molecule has 0 aliphatic carbocycles. The van der Waals surface area contributed by atoms with Gasteiger partial charge in [0.25, 0.3) is 0 Å². The lowest BCUT2D eigenvalue weighted by molar-refractivity contribution is -0.121. The smallest absolute Gasteiger partial charge is 0.220 e. The van der Waals surface area contributed by atoms with Crippen LogP contribution in [0.5, 0.6) is 5.75 Å². The van der Waals surface area contributed by atoms with Crippen LogP contribution >= 0.6 is 15.9 Å². The van der Waals surface area contributed by atoms with Crippen molar-refractivity contribution in [3.63, 3.8) is 0 Å². The minimum Gasteiger partial charge on any atom is -0.494 e. The van der Waals surface area contributed by atoms with Gasteiger partial charge in [-0.3, -0.25) is 4.79 Å². The number of nitrogens with one attached hydrogen (secondary N) is 1. The minimum absolute atomic E-state index is 0.00454. The second kappa shape index (κ2) is 7.97. The van der Waals surface area contributed by atoms with Crippen LogP contribution in [0, 0.1) is 0 Å². The fourth-order valence-corrected chi connectivity index (χ4v) is 2.67. The Bertz CT molecular complexity index is 818. The van der Waals surface area contributed by atoms with E-state index in [0.717, 1.165) is 21.6 Å². The van der Waals surface area contributed by atoms with Crippen molar-refractivity contribution in [2.75, 3.05) is 6.61 Å². The molecule has 3 aromatic rings. The summed E-state index contributed by atoms with van der Waals surface area (Å²) in [5.74, 6) is 0.832. The average molecular weight is 388 g/mol. The molecule has 24 heavy (non-hydrogen) atoms. The van der Waals surface area contributed by atoms with Crippen LogP contribution in [0.15, 0.2) is 59.3 Å². The number of nitrogens with zero attached hydrogens (tertiary/aromatic N) is 2. The van der Waals surface area contributed by atoms with E-state index in [2.05, 4.69) is 26.2 Å². The van der Waals surface area contributed by atoms with Crippen LogP contribution in [0.4, 0.5) is 0 Å². The lowest BCUT2D eigenvalue weighted by Crippen LogP contribution is -2.23. The molecule has 5 nitrogen and oxygen atoms in total. The van der Waals surface area contributed by atoms with Crippen molar-refractivity contribution in [3.8, 4) is 5.75 Å². The van der Waals surface area contributed by atoms with Crippen molar-refractivity contribution in [3.05, 3.63) is 65.0 Å². The third-order valence-corrected chi connectivity index (χ3v) is 3.96. The van der Waals surface area contributed by atoms with Crippen molar-refractivity contribution < 1.29 is 9.53 Å². The molecule has 2 heterocycles. The zero-order valence-corrected chi connectivity index (χ0v) is 14.7. The maximum Gasteiger partial charge on any atom is 0.220 e. The largest absolute Gasteiger partial charge is 0.494 e. The number of carbonyl (C=O) groups excluding carboxylic acids is 1. The van der Waals surface area contributed by atoms with Gasteiger partial charge in [0.15, 0.2) is 0 Å². The van der Waals surface area contributed by atoms with Crippen LogP contribution in [0.2, 0.25) is 0 Å². The van der Waals surface area contributed by atoms with E-state index in [4.69, 9.17) is 4.74 Å². The fraction of sp³-hybridized carbons (Fsp3) is 0.222. The number of amides is 1. The maximum atomic E-state index is 11.9. The normalized spacial score (nSPS) is 10.7. The van der Waals surface area contributed by atoms with Crippen molar-refractivity contribution in [2.24, 2.45) is 0 Å². The molecule has 1 aromatic carbocycles. The summed E-state index contributed by atoms with van der Waals surface area (Å²) >= 11 is 3.43. The third kappa shape index (κ3) is 4.58. The molecule has 0 spiro atoms. The van der Waals surface area contributed by atoms with Crippen LogP contribution in [0.1, 0.15) is 18.5 Å². The number of ether oxygens (including phenoxy) is 1. The summed E-state index contributed by atoms with van der Waals surface area (Å²) in [5.41, 5.74) is 1.70. The van der Waals surface area contributed by atoms with Crippen molar-refractivity contribution in [2.45, 2.75) is 19.4 Å². The summed E-state index contributed by atoms with van der Waals surface area (Å²) in [7, 11) is 0. The molecular weight excluding hydrogens is 370 g/mol. The summed E-state index contributed by atoms with van der Waals surface area (Å²) in [6.07, 6.45) is 4.97. The molecule has 3 rings (SSSR count). The monoisotopic (exact) mass is 387 g/mol. The van der Waals surface area contributed by atoms with Gasteiger partial charge in [-0.25, -0.2) is 4.98 Å². The fourth-order valence-electron chi connectivity index (χ4n) is 2.32. The number of aromatic nitrogens is 2. The van der Waals surface area contributed by atoms with Gasteiger partial charge in [-0.15, -0.1) is 0 Å². The first-order valence-electron chi connectivity index (χ1n) is 7.78. The van der Waals surface area contributed by atoms with E-state index in [1.54, 1.807) is 0 Å². The van der Waals surface area contributed by atoms with Gasteiger partial charge in [0, 0.05) is 23.3 Å². The van der Waals surface area contributed by atoms with E-state index in [1.807, 2.05) is 59.3 Å². The summed E-state index contributed by atoms with van der Waals surface area (Å²) in [4.78, 5) is 16.4. The molecule has 1 N–H and O–H groups in total. The van der Waals surface area contributed by atoms with Gasteiger partial charge in [0.2, 0.25) is 5.91 Å². The standard InChI is InChI=1S/C18H18BrN3O2/c19-14-8-9-17-21-15(13-22(17)12-14)11-20-18(23)7-4-10-24-16-5-2-1-3-6-16/h1-3,5-6,8-9,12-13H,4,7,10-11H2,(H,20,23). The summed E-state index contributed by atoms with van der Waals surface area (Å²) in [5, 5.41) is 2.89. The molecule has 0 fully saturated rings. The van der Waals surface area contributed by atoms with Gasteiger partial charge in [0.1, 0.15) is 11.4 Å². The molecule has 1 amide bonds. The molecular formula is C18H18BrN3O2. The highest BCUT2D eigenvalue weighted by molar-refractivity contribution is 9.10. The van der Waals surface area contributed by atoms with E-state index < -0.39 is 0 Å². The lowest BCUT2D eigenvalue weighted by atomic mass is 10.3. The van der Waals surface area contributed by atoms with E-state index >= 15 is 0 Å². The van der Waals surface area contributed by atoms with Gasteiger partial charge in [-0.05, 0) is 46.6 Å². The van der Waals surface area contributed by atoms with Gasteiger partial charge >= 0.3 is 0 Å². The van der Waals surface area contributed by atoms with Gasteiger partial charge in [0.05, 0.1) is 18.8 Å². The molecule has 0 saturated heterocycles. The first-order chi connectivity index (χ1) is 11.7. The predicted molar refractivity (Wildman–Crippen MR) is 95.9 cm³/mol. The first-order valence-corrected chi connectivity index (χ1v) is 8.58. The number of hydrogen-bond donors (Lipinski definition) is 1. The first kappa shape index (κ1) is 16.5. The quantitative estimate of drug-likeness (QED) is 0.630. The zero-order valence-electron chi connectivity index (χ0n) is 13.1. The molecule has 0 saturated carbocycles. The summed E-state index contributed by atoms with van der Waals surface area (Å²) in [6.45, 7) is 0.956. The number of pyridine rings is 1. The number of halogens is 1. The number of para-hydroxylation sites is 1. The van der Waals surface area contributed by atoms with Crippen LogP contribution in [-0.2, 0) is 11.3 Å². The Morgan fingerprint density at radius 2 is 2.00 bits per heavy atom. The van der Waals surface area contributed by atoms with Crippen molar-refractivity contribution in [1.29, 1.82) is 0 Å². The van der Waals surface area contributed by atoms with Gasteiger partial charge in [-0.1, -0.05) is 18.2 Å². The Morgan fingerprint density at radius 3 is 2.83 bits per heavy atom. The highest BCUT2D eigenvalue weighted by Gasteiger charge is 2.05. The summed E-state index contributed by atoms with van der Waals surface area (Å²) < 4.78 is 8.49. The molecule has 0 atom stereocenters. The Morgan fingerprint density at radius 1 is 1.17 bits per heavy atom. The average Bonchev–Trinajstić information content (AvgIpc) is 3.00. The molecule has 0 unspecified atom stereocenters. The summed E-state index contributed by atoms with van der Waals surface area (Å²) in [6, 6.07) is 13.5. The molecule has 0 aliphatic heterocycles. The molecule has 2 aromatic heterocycles. The highest BCUT2D eigenvalue weighted by atomic mass is 79.9. The SMILES string of the molecule is O=C(CCCOc1ccccc1)NCc1cn2cc(Br)ccc2n1. The number of carbonyl (C=O) groups is 1. The third-order valence-electron chi connectivity index (χ3n) is 3.49. The van der Waals surface area contributed by atoms with Crippen molar-refractivity contribution >= 4 is 27.5 Å². The Labute approximate surface area is 148 Å². The Kier molecular flexibility index (Phi) is 5.48. The lowest BCUT2D eigenvalue weighted by Gasteiger charge is -2.06. The Hall–Kier alpha value is -2.34. The van der Waals surface area contributed by atoms with Crippen LogP contribution < -0.4 is 10.1 Å². The molecule has 6 heteroatoms. The van der Waals surface area contributed by atoms with Crippen LogP contribution in [0.25, 0.3) is 5.65 Å². The highest BCUT2D eigenvalue weighted by Crippen LogP contribution is 2.12. The van der Waals surface area contributed by atoms with Gasteiger partial charge in [-0.2, -0.15) is 0 Å². The van der Waals surface area contributed by atoms with E-state index in [-0.39, 0.29) is 5.91 Å². The number of rotatable bonds is 7. The van der Waals surface area contributed by atoms with Crippen LogP contribution in [0.3, 0.4) is 0 Å². The minimum atomic E-state index is 0.00454. The number of fused-ring (bicyclic) bond motifs is 1. The number of imidazole rings is 1. The molecule has 0 aliphatic rings. The molecule has 0 radical (unpaired) electrons. The topological polar surface area (TPSA) is 55.6 Å². The number of hydrogen-bond acceptors (Lipinski definition) is 3.